The lowest BCUT2D eigenvalue weighted by atomic mass is 9.97. The maximum absolute atomic E-state index is 11.8. The average molecular weight is 264 g/mol. The zero-order valence-corrected chi connectivity index (χ0v) is 10.6. The third-order valence-corrected chi connectivity index (χ3v) is 3.07. The zero-order chi connectivity index (χ0) is 13.8. The molecular formula is C13H16N2O4. The van der Waals surface area contributed by atoms with E-state index >= 15 is 0 Å². The summed E-state index contributed by atoms with van der Waals surface area (Å²) >= 11 is 0. The van der Waals surface area contributed by atoms with Crippen molar-refractivity contribution in [1.82, 2.24) is 10.6 Å². The summed E-state index contributed by atoms with van der Waals surface area (Å²) < 4.78 is 5.20. The van der Waals surface area contributed by atoms with Crippen LogP contribution < -0.4 is 15.4 Å². The number of methoxy groups -OCH3 is 1. The molecule has 3 N–H and O–H groups in total. The van der Waals surface area contributed by atoms with Gasteiger partial charge in [0.15, 0.2) is 0 Å². The van der Waals surface area contributed by atoms with Gasteiger partial charge in [0.05, 0.1) is 19.6 Å². The van der Waals surface area contributed by atoms with Gasteiger partial charge in [0.1, 0.15) is 11.5 Å². The maximum Gasteiger partial charge on any atom is 0.239 e. The summed E-state index contributed by atoms with van der Waals surface area (Å²) in [5.74, 6) is -0.0142. The molecule has 1 fully saturated rings. The van der Waals surface area contributed by atoms with Crippen LogP contribution in [0.15, 0.2) is 18.2 Å². The van der Waals surface area contributed by atoms with E-state index in [9.17, 15) is 14.7 Å². The second-order valence-corrected chi connectivity index (χ2v) is 4.42. The van der Waals surface area contributed by atoms with Crippen LogP contribution >= 0.6 is 0 Å². The van der Waals surface area contributed by atoms with Crippen LogP contribution in [0.1, 0.15) is 5.56 Å². The number of phenolic OH excluding ortho intramolecular Hbond substituents is 1. The SMILES string of the molecule is COc1ccc(O)cc1CC1CNC(=O)CNC1=O. The minimum Gasteiger partial charge on any atom is -0.508 e. The Kier molecular flexibility index (Phi) is 3.89. The first kappa shape index (κ1) is 13.2. The summed E-state index contributed by atoms with van der Waals surface area (Å²) in [5, 5.41) is 14.7. The molecule has 6 nitrogen and oxygen atoms in total. The van der Waals surface area contributed by atoms with Gasteiger partial charge >= 0.3 is 0 Å². The molecule has 0 aliphatic carbocycles. The molecule has 1 aromatic rings. The first-order valence-electron chi connectivity index (χ1n) is 6.00. The van der Waals surface area contributed by atoms with E-state index < -0.39 is 0 Å². The fourth-order valence-corrected chi connectivity index (χ4v) is 2.06. The predicted octanol–water partition coefficient (Wildman–Crippen LogP) is -0.195. The highest BCUT2D eigenvalue weighted by Crippen LogP contribution is 2.25. The fraction of sp³-hybridized carbons (Fsp3) is 0.385. The Morgan fingerprint density at radius 1 is 1.37 bits per heavy atom. The molecule has 1 saturated heterocycles. The van der Waals surface area contributed by atoms with E-state index in [0.717, 1.165) is 5.56 Å². The number of carbonyl (C=O) groups excluding carboxylic acids is 2. The van der Waals surface area contributed by atoms with Gasteiger partial charge in [-0.25, -0.2) is 0 Å². The molecule has 0 aromatic heterocycles. The molecule has 0 bridgehead atoms. The lowest BCUT2D eigenvalue weighted by Gasteiger charge is -2.15. The van der Waals surface area contributed by atoms with Gasteiger partial charge in [0.2, 0.25) is 11.8 Å². The minimum absolute atomic E-state index is 0.00646. The molecule has 1 aliphatic rings. The normalized spacial score (nSPS) is 19.3. The van der Waals surface area contributed by atoms with Gasteiger partial charge in [0, 0.05) is 6.54 Å². The van der Waals surface area contributed by atoms with Crippen molar-refractivity contribution < 1.29 is 19.4 Å². The van der Waals surface area contributed by atoms with E-state index in [-0.39, 0.29) is 36.6 Å². The molecule has 0 spiro atoms. The lowest BCUT2D eigenvalue weighted by molar-refractivity contribution is -0.125. The highest BCUT2D eigenvalue weighted by molar-refractivity contribution is 5.88. The molecule has 6 heteroatoms. The molecule has 2 rings (SSSR count). The lowest BCUT2D eigenvalue weighted by Crippen LogP contribution is -2.32. The number of carbonyl (C=O) groups is 2. The molecule has 1 unspecified atom stereocenters. The summed E-state index contributed by atoms with van der Waals surface area (Å²) in [7, 11) is 1.53. The molecule has 2 amide bonds. The summed E-state index contributed by atoms with van der Waals surface area (Å²) in [6, 6.07) is 4.74. The Balaban J connectivity index is 2.17. The van der Waals surface area contributed by atoms with Crippen molar-refractivity contribution in [3.63, 3.8) is 0 Å². The summed E-state index contributed by atoms with van der Waals surface area (Å²) in [6.45, 7) is 0.288. The monoisotopic (exact) mass is 264 g/mol. The Bertz CT molecular complexity index is 501. The third-order valence-electron chi connectivity index (χ3n) is 3.07. The van der Waals surface area contributed by atoms with E-state index in [4.69, 9.17) is 4.74 Å². The van der Waals surface area contributed by atoms with E-state index in [0.29, 0.717) is 12.2 Å². The van der Waals surface area contributed by atoms with Gasteiger partial charge in [-0.3, -0.25) is 9.59 Å². The largest absolute Gasteiger partial charge is 0.508 e. The Hall–Kier alpha value is -2.24. The number of hydrogen-bond acceptors (Lipinski definition) is 4. The van der Waals surface area contributed by atoms with Gasteiger partial charge in [-0.05, 0) is 30.2 Å². The zero-order valence-electron chi connectivity index (χ0n) is 10.6. The Morgan fingerprint density at radius 2 is 2.16 bits per heavy atom. The molecule has 19 heavy (non-hydrogen) atoms. The highest BCUT2D eigenvalue weighted by Gasteiger charge is 2.24. The second kappa shape index (κ2) is 5.60. The van der Waals surface area contributed by atoms with Gasteiger partial charge < -0.3 is 20.5 Å². The van der Waals surface area contributed by atoms with E-state index in [1.807, 2.05) is 0 Å². The standard InChI is InChI=1S/C13H16N2O4/c1-19-11-3-2-10(16)5-8(11)4-9-6-14-12(17)7-15-13(9)18/h2-3,5,9,16H,4,6-7H2,1H3,(H,14,17)(H,15,18). The number of phenols is 1. The van der Waals surface area contributed by atoms with Crippen LogP contribution in [0.25, 0.3) is 0 Å². The van der Waals surface area contributed by atoms with E-state index in [2.05, 4.69) is 10.6 Å². The summed E-state index contributed by atoms with van der Waals surface area (Å²) in [6.07, 6.45) is 0.393. The average Bonchev–Trinajstić information content (AvgIpc) is 2.54. The molecule has 0 radical (unpaired) electrons. The van der Waals surface area contributed by atoms with Crippen LogP contribution in [0.3, 0.4) is 0 Å². The smallest absolute Gasteiger partial charge is 0.239 e. The highest BCUT2D eigenvalue weighted by atomic mass is 16.5. The van der Waals surface area contributed by atoms with E-state index in [1.165, 1.54) is 13.2 Å². The minimum atomic E-state index is -0.373. The number of ether oxygens (including phenoxy) is 1. The van der Waals surface area contributed by atoms with Crippen LogP contribution in [0.4, 0.5) is 0 Å². The van der Waals surface area contributed by atoms with Crippen molar-refractivity contribution in [1.29, 1.82) is 0 Å². The molecule has 1 heterocycles. The quantitative estimate of drug-likeness (QED) is 0.706. The van der Waals surface area contributed by atoms with Crippen LogP contribution in [-0.2, 0) is 16.0 Å². The number of benzene rings is 1. The van der Waals surface area contributed by atoms with Crippen molar-refractivity contribution in [2.45, 2.75) is 6.42 Å². The molecular weight excluding hydrogens is 248 g/mol. The maximum atomic E-state index is 11.8. The van der Waals surface area contributed by atoms with Gasteiger partial charge in [-0.2, -0.15) is 0 Å². The van der Waals surface area contributed by atoms with E-state index in [1.54, 1.807) is 12.1 Å². The van der Waals surface area contributed by atoms with Gasteiger partial charge in [-0.1, -0.05) is 0 Å². The van der Waals surface area contributed by atoms with Gasteiger partial charge in [0.25, 0.3) is 0 Å². The second-order valence-electron chi connectivity index (χ2n) is 4.42. The first-order valence-corrected chi connectivity index (χ1v) is 6.00. The molecule has 102 valence electrons. The topological polar surface area (TPSA) is 87.7 Å². The van der Waals surface area contributed by atoms with Crippen molar-refractivity contribution in [3.8, 4) is 11.5 Å². The number of hydrogen-bond donors (Lipinski definition) is 3. The Labute approximate surface area is 110 Å². The van der Waals surface area contributed by atoms with Crippen molar-refractivity contribution in [3.05, 3.63) is 23.8 Å². The molecule has 1 aromatic carbocycles. The third kappa shape index (κ3) is 3.15. The number of aromatic hydroxyl groups is 1. The number of nitrogens with one attached hydrogen (secondary N) is 2. The number of rotatable bonds is 3. The van der Waals surface area contributed by atoms with Crippen LogP contribution in [-0.4, -0.2) is 37.1 Å². The van der Waals surface area contributed by atoms with Crippen LogP contribution in [0.5, 0.6) is 11.5 Å². The molecule has 1 atom stereocenters. The first-order chi connectivity index (χ1) is 9.10. The summed E-state index contributed by atoms with van der Waals surface area (Å²) in [4.78, 5) is 23.1. The van der Waals surface area contributed by atoms with Crippen molar-refractivity contribution in [2.75, 3.05) is 20.2 Å². The van der Waals surface area contributed by atoms with Crippen LogP contribution in [0.2, 0.25) is 0 Å². The van der Waals surface area contributed by atoms with Gasteiger partial charge in [-0.15, -0.1) is 0 Å². The predicted molar refractivity (Wildman–Crippen MR) is 67.9 cm³/mol. The molecule has 1 aliphatic heterocycles. The molecule has 0 saturated carbocycles. The van der Waals surface area contributed by atoms with Crippen molar-refractivity contribution >= 4 is 11.8 Å². The fourth-order valence-electron chi connectivity index (χ4n) is 2.06. The van der Waals surface area contributed by atoms with Crippen molar-refractivity contribution in [2.24, 2.45) is 5.92 Å². The summed E-state index contributed by atoms with van der Waals surface area (Å²) in [5.41, 5.74) is 0.735. The number of amides is 2. The van der Waals surface area contributed by atoms with Crippen LogP contribution in [0, 0.1) is 5.92 Å². The Morgan fingerprint density at radius 3 is 2.89 bits per heavy atom.